The molecule has 0 fully saturated rings. The van der Waals surface area contributed by atoms with Crippen molar-refractivity contribution < 1.29 is 14.3 Å². The molecule has 4 heteroatoms. The summed E-state index contributed by atoms with van der Waals surface area (Å²) in [6.45, 7) is 5.72. The van der Waals surface area contributed by atoms with Crippen molar-refractivity contribution in [2.45, 2.75) is 13.3 Å². The molecule has 1 heterocycles. The molecule has 1 rings (SSSR count). The standard InChI is InChI=1S/C10H13NO3/c1-4-5-11-7(2)8(6-9(11)12)10(13)14-3/h4H,1,5-6H2,2-3H3. The first-order valence-corrected chi connectivity index (χ1v) is 4.31. The molecule has 0 N–H and O–H groups in total. The molecule has 0 unspecified atom stereocenters. The molecule has 0 atom stereocenters. The maximum Gasteiger partial charge on any atom is 0.336 e. The molecule has 0 aromatic carbocycles. The van der Waals surface area contributed by atoms with E-state index >= 15 is 0 Å². The fourth-order valence-corrected chi connectivity index (χ4v) is 1.44. The largest absolute Gasteiger partial charge is 0.466 e. The Hall–Kier alpha value is -1.58. The first-order valence-electron chi connectivity index (χ1n) is 4.31. The first kappa shape index (κ1) is 10.5. The maximum absolute atomic E-state index is 11.4. The average molecular weight is 195 g/mol. The minimum absolute atomic E-state index is 0.0807. The van der Waals surface area contributed by atoms with Crippen LogP contribution in [0.1, 0.15) is 13.3 Å². The van der Waals surface area contributed by atoms with Gasteiger partial charge in [0.1, 0.15) is 0 Å². The highest BCUT2D eigenvalue weighted by atomic mass is 16.5. The summed E-state index contributed by atoms with van der Waals surface area (Å²) in [5, 5.41) is 0. The molecule has 0 aromatic heterocycles. The Morgan fingerprint density at radius 2 is 2.36 bits per heavy atom. The molecule has 0 radical (unpaired) electrons. The molecule has 76 valence electrons. The summed E-state index contributed by atoms with van der Waals surface area (Å²) in [4.78, 5) is 24.2. The van der Waals surface area contributed by atoms with Gasteiger partial charge < -0.3 is 9.64 Å². The number of rotatable bonds is 3. The number of allylic oxidation sites excluding steroid dienone is 1. The molecule has 0 bridgehead atoms. The second-order valence-electron chi connectivity index (χ2n) is 3.03. The Labute approximate surface area is 82.8 Å². The van der Waals surface area contributed by atoms with Crippen LogP contribution in [-0.4, -0.2) is 30.4 Å². The molecule has 0 spiro atoms. The third kappa shape index (κ3) is 1.69. The Morgan fingerprint density at radius 1 is 1.71 bits per heavy atom. The van der Waals surface area contributed by atoms with Gasteiger partial charge in [0.15, 0.2) is 0 Å². The van der Waals surface area contributed by atoms with E-state index in [0.717, 1.165) is 0 Å². The van der Waals surface area contributed by atoms with Gasteiger partial charge in [-0.3, -0.25) is 4.79 Å². The Kier molecular flexibility index (Phi) is 3.06. The van der Waals surface area contributed by atoms with Crippen LogP contribution in [0.15, 0.2) is 23.9 Å². The van der Waals surface area contributed by atoms with Gasteiger partial charge in [-0.25, -0.2) is 4.79 Å². The second kappa shape index (κ2) is 4.09. The fraction of sp³-hybridized carbons (Fsp3) is 0.400. The number of methoxy groups -OCH3 is 1. The van der Waals surface area contributed by atoms with Gasteiger partial charge >= 0.3 is 5.97 Å². The van der Waals surface area contributed by atoms with Crippen LogP contribution in [0.2, 0.25) is 0 Å². The zero-order valence-corrected chi connectivity index (χ0v) is 8.37. The molecule has 0 aliphatic carbocycles. The normalized spacial score (nSPS) is 16.1. The molecule has 0 saturated heterocycles. The van der Waals surface area contributed by atoms with Crippen LogP contribution in [0.3, 0.4) is 0 Å². The number of nitrogens with zero attached hydrogens (tertiary/aromatic N) is 1. The number of hydrogen-bond acceptors (Lipinski definition) is 3. The summed E-state index contributed by atoms with van der Waals surface area (Å²) >= 11 is 0. The minimum atomic E-state index is -0.428. The Morgan fingerprint density at radius 3 is 2.86 bits per heavy atom. The molecule has 4 nitrogen and oxygen atoms in total. The number of hydrogen-bond donors (Lipinski definition) is 0. The van der Waals surface area contributed by atoms with Crippen LogP contribution in [0.25, 0.3) is 0 Å². The van der Waals surface area contributed by atoms with Gasteiger partial charge in [0.05, 0.1) is 19.1 Å². The number of esters is 1. The van der Waals surface area contributed by atoms with E-state index in [4.69, 9.17) is 0 Å². The third-order valence-electron chi connectivity index (χ3n) is 2.21. The quantitative estimate of drug-likeness (QED) is 0.495. The van der Waals surface area contributed by atoms with Gasteiger partial charge in [-0.1, -0.05) is 6.08 Å². The van der Waals surface area contributed by atoms with E-state index in [9.17, 15) is 9.59 Å². The maximum atomic E-state index is 11.4. The van der Waals surface area contributed by atoms with Crippen LogP contribution in [0.4, 0.5) is 0 Å². The molecule has 0 aromatic rings. The van der Waals surface area contributed by atoms with E-state index in [0.29, 0.717) is 17.8 Å². The molecule has 1 aliphatic rings. The number of amides is 1. The number of carbonyl (C=O) groups excluding carboxylic acids is 2. The topological polar surface area (TPSA) is 46.6 Å². The van der Waals surface area contributed by atoms with Crippen molar-refractivity contribution in [2.75, 3.05) is 13.7 Å². The predicted molar refractivity (Wildman–Crippen MR) is 51.2 cm³/mol. The molecule has 0 saturated carbocycles. The number of carbonyl (C=O) groups is 2. The van der Waals surface area contributed by atoms with Crippen molar-refractivity contribution in [1.29, 1.82) is 0 Å². The van der Waals surface area contributed by atoms with Crippen molar-refractivity contribution >= 4 is 11.9 Å². The lowest BCUT2D eigenvalue weighted by Crippen LogP contribution is -2.23. The van der Waals surface area contributed by atoms with Gasteiger partial charge in [0, 0.05) is 12.2 Å². The van der Waals surface area contributed by atoms with Crippen molar-refractivity contribution in [1.82, 2.24) is 4.90 Å². The van der Waals surface area contributed by atoms with E-state index in [1.54, 1.807) is 13.0 Å². The lowest BCUT2D eigenvalue weighted by molar-refractivity contribution is -0.137. The van der Waals surface area contributed by atoms with Gasteiger partial charge in [0.25, 0.3) is 0 Å². The highest BCUT2D eigenvalue weighted by molar-refractivity contribution is 6.00. The second-order valence-corrected chi connectivity index (χ2v) is 3.03. The summed E-state index contributed by atoms with van der Waals surface area (Å²) in [7, 11) is 1.31. The third-order valence-corrected chi connectivity index (χ3v) is 2.21. The predicted octanol–water partition coefficient (Wildman–Crippen LogP) is 0.852. The van der Waals surface area contributed by atoms with E-state index in [2.05, 4.69) is 11.3 Å². The van der Waals surface area contributed by atoms with Crippen molar-refractivity contribution in [3.63, 3.8) is 0 Å². The highest BCUT2D eigenvalue weighted by Crippen LogP contribution is 2.24. The zero-order chi connectivity index (χ0) is 10.7. The molecular formula is C10H13NO3. The smallest absolute Gasteiger partial charge is 0.336 e. The Balaban J connectivity index is 2.92. The van der Waals surface area contributed by atoms with Crippen molar-refractivity contribution in [3.05, 3.63) is 23.9 Å². The van der Waals surface area contributed by atoms with Crippen LogP contribution in [0, 0.1) is 0 Å². The Bertz CT molecular complexity index is 317. The van der Waals surface area contributed by atoms with Gasteiger partial charge in [-0.2, -0.15) is 0 Å². The zero-order valence-electron chi connectivity index (χ0n) is 8.37. The van der Waals surface area contributed by atoms with Crippen LogP contribution in [-0.2, 0) is 14.3 Å². The minimum Gasteiger partial charge on any atom is -0.466 e. The van der Waals surface area contributed by atoms with Gasteiger partial charge in [0.2, 0.25) is 5.91 Å². The number of ether oxygens (including phenoxy) is 1. The van der Waals surface area contributed by atoms with E-state index in [-0.39, 0.29) is 12.3 Å². The van der Waals surface area contributed by atoms with Crippen molar-refractivity contribution in [2.24, 2.45) is 0 Å². The fourth-order valence-electron chi connectivity index (χ4n) is 1.44. The molecule has 14 heavy (non-hydrogen) atoms. The SMILES string of the molecule is C=CCN1C(=O)CC(C(=O)OC)=C1C. The first-order chi connectivity index (χ1) is 6.61. The summed E-state index contributed by atoms with van der Waals surface area (Å²) in [6.07, 6.45) is 1.76. The van der Waals surface area contributed by atoms with E-state index in [1.807, 2.05) is 0 Å². The summed E-state index contributed by atoms with van der Waals surface area (Å²) < 4.78 is 4.58. The highest BCUT2D eigenvalue weighted by Gasteiger charge is 2.30. The summed E-state index contributed by atoms with van der Waals surface area (Å²) in [5.41, 5.74) is 1.11. The molecule has 1 aliphatic heterocycles. The lowest BCUT2D eigenvalue weighted by atomic mass is 10.2. The summed E-state index contributed by atoms with van der Waals surface area (Å²) in [5.74, 6) is -0.509. The molecular weight excluding hydrogens is 182 g/mol. The van der Waals surface area contributed by atoms with Crippen molar-refractivity contribution in [3.8, 4) is 0 Å². The van der Waals surface area contributed by atoms with Crippen LogP contribution in [0.5, 0.6) is 0 Å². The van der Waals surface area contributed by atoms with Crippen LogP contribution >= 0.6 is 0 Å². The average Bonchev–Trinajstić information content (AvgIpc) is 2.45. The van der Waals surface area contributed by atoms with E-state index in [1.165, 1.54) is 12.0 Å². The van der Waals surface area contributed by atoms with Gasteiger partial charge in [-0.05, 0) is 6.92 Å². The van der Waals surface area contributed by atoms with E-state index < -0.39 is 5.97 Å². The van der Waals surface area contributed by atoms with Crippen LogP contribution < -0.4 is 0 Å². The molecule has 1 amide bonds. The lowest BCUT2D eigenvalue weighted by Gasteiger charge is -2.14. The van der Waals surface area contributed by atoms with Gasteiger partial charge in [-0.15, -0.1) is 6.58 Å². The monoisotopic (exact) mass is 195 g/mol. The summed E-state index contributed by atoms with van der Waals surface area (Å²) in [6, 6.07) is 0.